The first-order valence-corrected chi connectivity index (χ1v) is 7.15. The quantitative estimate of drug-likeness (QED) is 0.387. The molecule has 5 nitrogen and oxygen atoms in total. The minimum atomic E-state index is 0.0737. The minimum Gasteiger partial charge on any atom is -0.480 e. The van der Waals surface area contributed by atoms with Crippen molar-refractivity contribution in [3.63, 3.8) is 0 Å². The lowest BCUT2D eigenvalue weighted by Crippen LogP contribution is -2.28. The Morgan fingerprint density at radius 2 is 1.89 bits per heavy atom. The number of rotatable bonds is 10. The number of nitrogens with zero attached hydrogens (tertiary/aromatic N) is 2. The molecule has 108 valence electrons. The van der Waals surface area contributed by atoms with Gasteiger partial charge in [0.1, 0.15) is 0 Å². The van der Waals surface area contributed by atoms with Crippen LogP contribution in [0.3, 0.4) is 0 Å². The first-order chi connectivity index (χ1) is 9.31. The number of methoxy groups -OCH3 is 1. The van der Waals surface area contributed by atoms with Gasteiger partial charge in [-0.05, 0) is 12.5 Å². The van der Waals surface area contributed by atoms with Gasteiger partial charge in [-0.25, -0.2) is 0 Å². The number of nitrogens with two attached hydrogens (primary N) is 1. The molecule has 19 heavy (non-hydrogen) atoms. The van der Waals surface area contributed by atoms with Crippen LogP contribution >= 0.6 is 0 Å². The predicted octanol–water partition coefficient (Wildman–Crippen LogP) is 2.74. The fraction of sp³-hybridized carbons (Fsp3) is 0.714. The van der Waals surface area contributed by atoms with Crippen LogP contribution in [-0.2, 0) is 0 Å². The molecule has 1 aromatic rings. The molecule has 0 fully saturated rings. The van der Waals surface area contributed by atoms with Gasteiger partial charge in [0.25, 0.3) is 0 Å². The molecule has 0 radical (unpaired) electrons. The number of nitrogens with one attached hydrogen (secondary N) is 1. The van der Waals surface area contributed by atoms with Crippen molar-refractivity contribution in [3.8, 4) is 5.88 Å². The van der Waals surface area contributed by atoms with E-state index in [1.54, 1.807) is 7.11 Å². The molecule has 0 saturated carbocycles. The van der Waals surface area contributed by atoms with Crippen molar-refractivity contribution >= 4 is 0 Å². The lowest BCUT2D eigenvalue weighted by Gasteiger charge is -2.14. The van der Waals surface area contributed by atoms with Gasteiger partial charge in [0.2, 0.25) is 5.88 Å². The van der Waals surface area contributed by atoms with Crippen molar-refractivity contribution in [1.29, 1.82) is 0 Å². The van der Waals surface area contributed by atoms with Crippen LogP contribution < -0.4 is 16.0 Å². The highest BCUT2D eigenvalue weighted by Crippen LogP contribution is 2.18. The summed E-state index contributed by atoms with van der Waals surface area (Å²) in [7, 11) is 1.58. The predicted molar refractivity (Wildman–Crippen MR) is 76.6 cm³/mol. The molecule has 0 aliphatic heterocycles. The molecule has 0 aliphatic carbocycles. The number of hydrogen-bond acceptors (Lipinski definition) is 5. The third kappa shape index (κ3) is 5.98. The summed E-state index contributed by atoms with van der Waals surface area (Å²) in [6, 6.07) is 3.80. The normalized spacial score (nSPS) is 12.4. The van der Waals surface area contributed by atoms with Crippen molar-refractivity contribution in [2.45, 2.75) is 57.9 Å². The summed E-state index contributed by atoms with van der Waals surface area (Å²) in [6.07, 6.45) is 8.66. The second kappa shape index (κ2) is 9.69. The van der Waals surface area contributed by atoms with Crippen LogP contribution in [0.15, 0.2) is 12.1 Å². The van der Waals surface area contributed by atoms with Crippen LogP contribution in [0.2, 0.25) is 0 Å². The first kappa shape index (κ1) is 15.9. The monoisotopic (exact) mass is 266 g/mol. The Morgan fingerprint density at radius 1 is 1.16 bits per heavy atom. The zero-order valence-corrected chi connectivity index (χ0v) is 12.1. The Morgan fingerprint density at radius 3 is 2.47 bits per heavy atom. The van der Waals surface area contributed by atoms with Gasteiger partial charge in [-0.2, -0.15) is 5.10 Å². The lowest BCUT2D eigenvalue weighted by molar-refractivity contribution is 0.387. The summed E-state index contributed by atoms with van der Waals surface area (Å²) < 4.78 is 4.99. The zero-order valence-electron chi connectivity index (χ0n) is 12.1. The summed E-state index contributed by atoms with van der Waals surface area (Å²) >= 11 is 0. The Labute approximate surface area is 115 Å². The van der Waals surface area contributed by atoms with Crippen LogP contribution in [0.5, 0.6) is 5.88 Å². The maximum atomic E-state index is 5.59. The van der Waals surface area contributed by atoms with E-state index in [0.29, 0.717) is 5.88 Å². The Bertz CT molecular complexity index is 329. The van der Waals surface area contributed by atoms with Crippen LogP contribution in [0, 0.1) is 0 Å². The molecule has 0 saturated heterocycles. The standard InChI is InChI=1S/C14H26N4O/c1-3-4-5-6-7-8-9-12(16-15)13-10-11-14(19-2)18-17-13/h10-12,16H,3-9,15H2,1-2H3. The topological polar surface area (TPSA) is 73.1 Å². The summed E-state index contributed by atoms with van der Waals surface area (Å²) in [4.78, 5) is 0. The third-order valence-electron chi connectivity index (χ3n) is 3.27. The maximum absolute atomic E-state index is 5.59. The van der Waals surface area contributed by atoms with Crippen LogP contribution in [0.25, 0.3) is 0 Å². The summed E-state index contributed by atoms with van der Waals surface area (Å²) in [5.74, 6) is 6.12. The molecule has 5 heteroatoms. The maximum Gasteiger partial charge on any atom is 0.233 e. The fourth-order valence-electron chi connectivity index (χ4n) is 2.07. The second-order valence-electron chi connectivity index (χ2n) is 4.78. The Hall–Kier alpha value is -1.20. The van der Waals surface area contributed by atoms with E-state index < -0.39 is 0 Å². The summed E-state index contributed by atoms with van der Waals surface area (Å²) in [5, 5.41) is 8.10. The molecule has 0 aromatic carbocycles. The van der Waals surface area contributed by atoms with Gasteiger partial charge in [0, 0.05) is 6.07 Å². The van der Waals surface area contributed by atoms with Crippen molar-refractivity contribution in [1.82, 2.24) is 15.6 Å². The van der Waals surface area contributed by atoms with E-state index in [2.05, 4.69) is 22.5 Å². The molecule has 0 aliphatic rings. The number of ether oxygens (including phenoxy) is 1. The van der Waals surface area contributed by atoms with Gasteiger partial charge >= 0.3 is 0 Å². The van der Waals surface area contributed by atoms with Crippen LogP contribution in [0.1, 0.15) is 63.6 Å². The number of hydrogen-bond donors (Lipinski definition) is 2. The van der Waals surface area contributed by atoms with Crippen molar-refractivity contribution in [3.05, 3.63) is 17.8 Å². The van der Waals surface area contributed by atoms with Gasteiger partial charge in [-0.1, -0.05) is 45.4 Å². The third-order valence-corrected chi connectivity index (χ3v) is 3.27. The largest absolute Gasteiger partial charge is 0.480 e. The average molecular weight is 266 g/mol. The summed E-state index contributed by atoms with van der Waals surface area (Å²) in [5.41, 5.74) is 3.69. The van der Waals surface area contributed by atoms with Crippen molar-refractivity contribution < 1.29 is 4.74 Å². The highest BCUT2D eigenvalue weighted by atomic mass is 16.5. The van der Waals surface area contributed by atoms with E-state index in [1.165, 1.54) is 32.1 Å². The SMILES string of the molecule is CCCCCCCCC(NN)c1ccc(OC)nn1. The average Bonchev–Trinajstić information content (AvgIpc) is 2.47. The van der Waals surface area contributed by atoms with Crippen molar-refractivity contribution in [2.75, 3.05) is 7.11 Å². The number of aromatic nitrogens is 2. The molecule has 1 heterocycles. The molecule has 0 amide bonds. The summed E-state index contributed by atoms with van der Waals surface area (Å²) in [6.45, 7) is 2.23. The molecule has 3 N–H and O–H groups in total. The lowest BCUT2D eigenvalue weighted by atomic mass is 10.0. The highest BCUT2D eigenvalue weighted by molar-refractivity contribution is 5.13. The van der Waals surface area contributed by atoms with E-state index in [0.717, 1.165) is 18.5 Å². The van der Waals surface area contributed by atoms with E-state index in [4.69, 9.17) is 10.6 Å². The van der Waals surface area contributed by atoms with Crippen LogP contribution in [0.4, 0.5) is 0 Å². The number of unbranched alkanes of at least 4 members (excludes halogenated alkanes) is 5. The minimum absolute atomic E-state index is 0.0737. The van der Waals surface area contributed by atoms with Crippen molar-refractivity contribution in [2.24, 2.45) is 5.84 Å². The second-order valence-corrected chi connectivity index (χ2v) is 4.78. The molecule has 0 spiro atoms. The molecule has 1 atom stereocenters. The first-order valence-electron chi connectivity index (χ1n) is 7.15. The smallest absolute Gasteiger partial charge is 0.233 e. The molecular formula is C14H26N4O. The van der Waals surface area contributed by atoms with Gasteiger partial charge in [-0.3, -0.25) is 11.3 Å². The van der Waals surface area contributed by atoms with Gasteiger partial charge < -0.3 is 4.74 Å². The van der Waals surface area contributed by atoms with E-state index >= 15 is 0 Å². The molecule has 0 bridgehead atoms. The molecule has 1 unspecified atom stereocenters. The zero-order chi connectivity index (χ0) is 13.9. The van der Waals surface area contributed by atoms with E-state index in [9.17, 15) is 0 Å². The van der Waals surface area contributed by atoms with Gasteiger partial charge in [-0.15, -0.1) is 5.10 Å². The highest BCUT2D eigenvalue weighted by Gasteiger charge is 2.11. The Balaban J connectivity index is 2.31. The van der Waals surface area contributed by atoms with E-state index in [-0.39, 0.29) is 6.04 Å². The Kier molecular flexibility index (Phi) is 8.09. The molecular weight excluding hydrogens is 240 g/mol. The number of hydrazine groups is 1. The van der Waals surface area contributed by atoms with E-state index in [1.807, 2.05) is 12.1 Å². The van der Waals surface area contributed by atoms with Crippen LogP contribution in [-0.4, -0.2) is 17.3 Å². The fourth-order valence-corrected chi connectivity index (χ4v) is 2.07. The molecule has 1 rings (SSSR count). The molecule has 1 aromatic heterocycles. The van der Waals surface area contributed by atoms with Gasteiger partial charge in [0.05, 0.1) is 18.8 Å². The van der Waals surface area contributed by atoms with Gasteiger partial charge in [0.15, 0.2) is 0 Å².